The largest absolute Gasteiger partial charge is 0.495 e. The van der Waals surface area contributed by atoms with Crippen LogP contribution in [-0.4, -0.2) is 18.9 Å². The molecule has 2 amide bonds. The monoisotopic (exact) mass is 440 g/mol. The van der Waals surface area contributed by atoms with Crippen molar-refractivity contribution < 1.29 is 18.7 Å². The number of methoxy groups -OCH3 is 1. The molecule has 0 radical (unpaired) electrons. The van der Waals surface area contributed by atoms with E-state index >= 15 is 0 Å². The number of hydrogen-bond donors (Lipinski definition) is 2. The number of hydrogen-bond acceptors (Lipinski definition) is 3. The average Bonchev–Trinajstić information content (AvgIpc) is 2.73. The Bertz CT molecular complexity index is 1100. The van der Waals surface area contributed by atoms with Crippen LogP contribution in [0.15, 0.2) is 60.7 Å². The minimum absolute atomic E-state index is 0.154. The van der Waals surface area contributed by atoms with E-state index in [4.69, 9.17) is 16.3 Å². The molecule has 31 heavy (non-hydrogen) atoms. The maximum atomic E-state index is 14.1. The van der Waals surface area contributed by atoms with E-state index in [9.17, 15) is 14.0 Å². The van der Waals surface area contributed by atoms with Crippen LogP contribution >= 0.6 is 11.6 Å². The fourth-order valence-corrected chi connectivity index (χ4v) is 3.14. The van der Waals surface area contributed by atoms with Gasteiger partial charge in [-0.05, 0) is 55.3 Å². The van der Waals surface area contributed by atoms with Gasteiger partial charge in [-0.15, -0.1) is 0 Å². The molecular weight excluding hydrogens is 419 g/mol. The van der Waals surface area contributed by atoms with Crippen LogP contribution in [0, 0.1) is 12.7 Å². The summed E-state index contributed by atoms with van der Waals surface area (Å²) < 4.78 is 19.3. The Hall–Kier alpha value is -3.38. The molecule has 0 aliphatic heterocycles. The van der Waals surface area contributed by atoms with E-state index in [-0.39, 0.29) is 16.5 Å². The summed E-state index contributed by atoms with van der Waals surface area (Å²) in [6, 6.07) is 16.7. The first-order valence-electron chi connectivity index (χ1n) is 9.65. The van der Waals surface area contributed by atoms with Crippen molar-refractivity contribution in [3.63, 3.8) is 0 Å². The van der Waals surface area contributed by atoms with Crippen LogP contribution in [0.2, 0.25) is 5.02 Å². The van der Waals surface area contributed by atoms with Gasteiger partial charge in [0.15, 0.2) is 0 Å². The molecule has 0 aliphatic carbocycles. The van der Waals surface area contributed by atoms with Crippen LogP contribution in [0.3, 0.4) is 0 Å². The molecule has 160 valence electrons. The number of aryl methyl sites for hydroxylation is 2. The zero-order valence-electron chi connectivity index (χ0n) is 17.2. The number of benzene rings is 3. The van der Waals surface area contributed by atoms with Gasteiger partial charge in [0.2, 0.25) is 5.91 Å². The number of carbonyl (C=O) groups excluding carboxylic acids is 2. The average molecular weight is 441 g/mol. The van der Waals surface area contributed by atoms with Gasteiger partial charge < -0.3 is 15.4 Å². The Kier molecular flexibility index (Phi) is 7.26. The Labute approximate surface area is 185 Å². The Morgan fingerprint density at radius 3 is 2.42 bits per heavy atom. The van der Waals surface area contributed by atoms with Gasteiger partial charge in [-0.2, -0.15) is 0 Å². The maximum absolute atomic E-state index is 14.1. The number of amides is 2. The molecule has 0 fully saturated rings. The van der Waals surface area contributed by atoms with Crippen LogP contribution in [-0.2, 0) is 11.2 Å². The van der Waals surface area contributed by atoms with E-state index in [1.165, 1.54) is 24.8 Å². The van der Waals surface area contributed by atoms with E-state index in [2.05, 4.69) is 10.6 Å². The van der Waals surface area contributed by atoms with E-state index in [0.717, 1.165) is 11.6 Å². The van der Waals surface area contributed by atoms with Crippen LogP contribution in [0.5, 0.6) is 5.75 Å². The van der Waals surface area contributed by atoms with E-state index in [1.807, 2.05) is 31.2 Å². The van der Waals surface area contributed by atoms with Gasteiger partial charge >= 0.3 is 0 Å². The number of ether oxygens (including phenoxy) is 1. The van der Waals surface area contributed by atoms with Gasteiger partial charge in [-0.25, -0.2) is 4.39 Å². The smallest absolute Gasteiger partial charge is 0.258 e. The molecular formula is C24H22ClFN2O3. The van der Waals surface area contributed by atoms with Crippen LogP contribution in [0.4, 0.5) is 15.8 Å². The van der Waals surface area contributed by atoms with Crippen molar-refractivity contribution in [1.29, 1.82) is 0 Å². The van der Waals surface area contributed by atoms with Gasteiger partial charge in [0.05, 0.1) is 18.4 Å². The van der Waals surface area contributed by atoms with Crippen molar-refractivity contribution in [2.75, 3.05) is 17.7 Å². The molecule has 7 heteroatoms. The summed E-state index contributed by atoms with van der Waals surface area (Å²) in [6.45, 7) is 2.01. The van der Waals surface area contributed by atoms with Crippen molar-refractivity contribution in [3.05, 3.63) is 88.2 Å². The Morgan fingerprint density at radius 2 is 1.74 bits per heavy atom. The second-order valence-corrected chi connectivity index (χ2v) is 7.46. The van der Waals surface area contributed by atoms with Crippen molar-refractivity contribution >= 4 is 34.8 Å². The number of anilines is 2. The summed E-state index contributed by atoms with van der Waals surface area (Å²) >= 11 is 5.74. The normalized spacial score (nSPS) is 10.5. The summed E-state index contributed by atoms with van der Waals surface area (Å²) in [6.07, 6.45) is 0.925. The first-order valence-corrected chi connectivity index (χ1v) is 10.0. The van der Waals surface area contributed by atoms with Crippen molar-refractivity contribution in [2.45, 2.75) is 19.8 Å². The molecule has 0 spiro atoms. The minimum Gasteiger partial charge on any atom is -0.495 e. The number of rotatable bonds is 7. The quantitative estimate of drug-likeness (QED) is 0.501. The van der Waals surface area contributed by atoms with Gasteiger partial charge in [0, 0.05) is 17.1 Å². The molecule has 0 saturated heterocycles. The first-order chi connectivity index (χ1) is 14.9. The van der Waals surface area contributed by atoms with E-state index < -0.39 is 11.7 Å². The van der Waals surface area contributed by atoms with Crippen molar-refractivity contribution in [3.8, 4) is 5.75 Å². The van der Waals surface area contributed by atoms with Crippen molar-refractivity contribution in [1.82, 2.24) is 0 Å². The predicted molar refractivity (Wildman–Crippen MR) is 120 cm³/mol. The van der Waals surface area contributed by atoms with Crippen LogP contribution in [0.1, 0.15) is 27.9 Å². The SMILES string of the molecule is COc1ccc(NC(=O)CCc2ccc(C)cc2)cc1NC(=O)c1ccc(Cl)cc1F. The van der Waals surface area contributed by atoms with Gasteiger partial charge in [0.1, 0.15) is 11.6 Å². The lowest BCUT2D eigenvalue weighted by Crippen LogP contribution is -2.16. The maximum Gasteiger partial charge on any atom is 0.258 e. The molecule has 0 aromatic heterocycles. The second kappa shape index (κ2) is 10.1. The zero-order chi connectivity index (χ0) is 22.4. The van der Waals surface area contributed by atoms with Gasteiger partial charge in [-0.1, -0.05) is 41.4 Å². The fraction of sp³-hybridized carbons (Fsp3) is 0.167. The lowest BCUT2D eigenvalue weighted by molar-refractivity contribution is -0.116. The minimum atomic E-state index is -0.732. The van der Waals surface area contributed by atoms with Crippen LogP contribution in [0.25, 0.3) is 0 Å². The lowest BCUT2D eigenvalue weighted by atomic mass is 10.1. The third kappa shape index (κ3) is 6.06. The molecule has 0 bridgehead atoms. The molecule has 0 heterocycles. The highest BCUT2D eigenvalue weighted by molar-refractivity contribution is 6.30. The Morgan fingerprint density at radius 1 is 1.00 bits per heavy atom. The summed E-state index contributed by atoms with van der Waals surface area (Å²) in [7, 11) is 1.45. The van der Waals surface area contributed by atoms with Gasteiger partial charge in [0.25, 0.3) is 5.91 Å². The van der Waals surface area contributed by atoms with Gasteiger partial charge in [-0.3, -0.25) is 9.59 Å². The molecule has 0 atom stereocenters. The summed E-state index contributed by atoms with van der Waals surface area (Å²) in [5, 5.41) is 5.62. The summed E-state index contributed by atoms with van der Waals surface area (Å²) in [4.78, 5) is 24.8. The molecule has 0 unspecified atom stereocenters. The molecule has 0 aliphatic rings. The highest BCUT2D eigenvalue weighted by atomic mass is 35.5. The number of nitrogens with one attached hydrogen (secondary N) is 2. The number of carbonyl (C=O) groups is 2. The molecule has 3 rings (SSSR count). The van der Waals surface area contributed by atoms with Crippen molar-refractivity contribution in [2.24, 2.45) is 0 Å². The molecule has 2 N–H and O–H groups in total. The highest BCUT2D eigenvalue weighted by Crippen LogP contribution is 2.29. The standard InChI is InChI=1S/C24H22ClFN2O3/c1-15-3-5-16(6-4-15)7-12-23(29)27-18-9-11-22(31-2)21(14-18)28-24(30)19-10-8-17(25)13-20(19)26/h3-6,8-11,13-14H,7,12H2,1-2H3,(H,27,29)(H,28,30). The first kappa shape index (κ1) is 22.3. The molecule has 3 aromatic carbocycles. The van der Waals surface area contributed by atoms with Crippen LogP contribution < -0.4 is 15.4 Å². The molecule has 3 aromatic rings. The Balaban J connectivity index is 1.68. The lowest BCUT2D eigenvalue weighted by Gasteiger charge is -2.13. The highest BCUT2D eigenvalue weighted by Gasteiger charge is 2.15. The fourth-order valence-electron chi connectivity index (χ4n) is 2.98. The third-order valence-electron chi connectivity index (χ3n) is 4.67. The van der Waals surface area contributed by atoms with E-state index in [0.29, 0.717) is 30.0 Å². The number of halogens is 2. The third-order valence-corrected chi connectivity index (χ3v) is 4.90. The topological polar surface area (TPSA) is 67.4 Å². The second-order valence-electron chi connectivity index (χ2n) is 7.03. The summed E-state index contributed by atoms with van der Waals surface area (Å²) in [5.74, 6) is -1.17. The zero-order valence-corrected chi connectivity index (χ0v) is 17.9. The van der Waals surface area contributed by atoms with E-state index in [1.54, 1.807) is 18.2 Å². The molecule has 0 saturated carbocycles. The molecule has 5 nitrogen and oxygen atoms in total. The predicted octanol–water partition coefficient (Wildman–Crippen LogP) is 5.62. The summed E-state index contributed by atoms with van der Waals surface area (Å²) in [5.41, 5.74) is 2.88.